The van der Waals surface area contributed by atoms with Crippen molar-refractivity contribution in [1.29, 1.82) is 0 Å². The number of nitro groups is 1. The Bertz CT molecular complexity index is 370. The SMILES string of the molecule is CN(CCO)c1ncnc(N)c1[N+](=O)[O-]. The lowest BCUT2D eigenvalue weighted by molar-refractivity contribution is -0.383. The first-order valence-electron chi connectivity index (χ1n) is 4.14. The third kappa shape index (κ3) is 2.29. The van der Waals surface area contributed by atoms with Crippen LogP contribution in [0.3, 0.4) is 0 Å². The molecule has 0 bridgehead atoms. The van der Waals surface area contributed by atoms with Crippen molar-refractivity contribution in [1.82, 2.24) is 9.97 Å². The number of aliphatic hydroxyl groups excluding tert-OH is 1. The van der Waals surface area contributed by atoms with Gasteiger partial charge in [0.1, 0.15) is 6.33 Å². The molecule has 1 aromatic heterocycles. The topological polar surface area (TPSA) is 118 Å². The number of anilines is 2. The summed E-state index contributed by atoms with van der Waals surface area (Å²) in [5, 5.41) is 19.4. The lowest BCUT2D eigenvalue weighted by Crippen LogP contribution is -2.23. The molecule has 0 saturated carbocycles. The van der Waals surface area contributed by atoms with E-state index in [1.54, 1.807) is 7.05 Å². The minimum Gasteiger partial charge on any atom is -0.395 e. The molecule has 0 aliphatic carbocycles. The number of rotatable bonds is 4. The first-order chi connectivity index (χ1) is 7.07. The normalized spacial score (nSPS) is 10.0. The number of nitrogens with two attached hydrogens (primary N) is 1. The quantitative estimate of drug-likeness (QED) is 0.506. The molecule has 1 rings (SSSR count). The molecule has 0 aliphatic heterocycles. The highest BCUT2D eigenvalue weighted by molar-refractivity contribution is 5.67. The van der Waals surface area contributed by atoms with Gasteiger partial charge in [0.05, 0.1) is 11.5 Å². The summed E-state index contributed by atoms with van der Waals surface area (Å²) >= 11 is 0. The zero-order valence-electron chi connectivity index (χ0n) is 8.12. The van der Waals surface area contributed by atoms with Gasteiger partial charge in [-0.1, -0.05) is 0 Å². The van der Waals surface area contributed by atoms with E-state index in [0.717, 1.165) is 6.33 Å². The summed E-state index contributed by atoms with van der Waals surface area (Å²) in [4.78, 5) is 18.8. The van der Waals surface area contributed by atoms with Crippen LogP contribution < -0.4 is 10.6 Å². The number of likely N-dealkylation sites (N-methyl/N-ethyl adjacent to an activating group) is 1. The van der Waals surface area contributed by atoms with Crippen molar-refractivity contribution in [3.8, 4) is 0 Å². The van der Waals surface area contributed by atoms with Gasteiger partial charge >= 0.3 is 5.69 Å². The molecule has 0 radical (unpaired) electrons. The highest BCUT2D eigenvalue weighted by Gasteiger charge is 2.23. The molecule has 8 heteroatoms. The lowest BCUT2D eigenvalue weighted by Gasteiger charge is -2.16. The van der Waals surface area contributed by atoms with Crippen LogP contribution in [0.5, 0.6) is 0 Å². The average Bonchev–Trinajstić information content (AvgIpc) is 2.17. The van der Waals surface area contributed by atoms with Gasteiger partial charge < -0.3 is 15.7 Å². The lowest BCUT2D eigenvalue weighted by atomic mass is 10.4. The van der Waals surface area contributed by atoms with Crippen LogP contribution in [0.2, 0.25) is 0 Å². The van der Waals surface area contributed by atoms with E-state index in [1.165, 1.54) is 4.90 Å². The van der Waals surface area contributed by atoms with Crippen molar-refractivity contribution < 1.29 is 10.0 Å². The van der Waals surface area contributed by atoms with Gasteiger partial charge in [-0.2, -0.15) is 0 Å². The predicted molar refractivity (Wildman–Crippen MR) is 53.5 cm³/mol. The summed E-state index contributed by atoms with van der Waals surface area (Å²) in [5.41, 5.74) is 5.03. The molecule has 0 unspecified atom stereocenters. The molecule has 0 aliphatic rings. The second kappa shape index (κ2) is 4.51. The average molecular weight is 213 g/mol. The number of aliphatic hydroxyl groups is 1. The van der Waals surface area contributed by atoms with Gasteiger partial charge in [-0.3, -0.25) is 10.1 Å². The van der Waals surface area contributed by atoms with E-state index >= 15 is 0 Å². The van der Waals surface area contributed by atoms with E-state index in [0.29, 0.717) is 0 Å². The fourth-order valence-corrected chi connectivity index (χ4v) is 1.09. The van der Waals surface area contributed by atoms with E-state index in [4.69, 9.17) is 10.8 Å². The van der Waals surface area contributed by atoms with Crippen molar-refractivity contribution >= 4 is 17.3 Å². The smallest absolute Gasteiger partial charge is 0.353 e. The fraction of sp³-hybridized carbons (Fsp3) is 0.429. The summed E-state index contributed by atoms with van der Waals surface area (Å²) in [6.45, 7) is 0.106. The zero-order chi connectivity index (χ0) is 11.4. The maximum atomic E-state index is 10.7. The molecule has 1 aromatic rings. The van der Waals surface area contributed by atoms with E-state index in [2.05, 4.69) is 9.97 Å². The Morgan fingerprint density at radius 1 is 1.67 bits per heavy atom. The molecule has 0 saturated heterocycles. The van der Waals surface area contributed by atoms with Gasteiger partial charge in [-0.15, -0.1) is 0 Å². The summed E-state index contributed by atoms with van der Waals surface area (Å²) in [6, 6.07) is 0. The van der Waals surface area contributed by atoms with Crippen LogP contribution in [-0.2, 0) is 0 Å². The van der Waals surface area contributed by atoms with Gasteiger partial charge in [-0.05, 0) is 0 Å². The van der Waals surface area contributed by atoms with E-state index in [9.17, 15) is 10.1 Å². The Kier molecular flexibility index (Phi) is 3.34. The number of nitrogen functional groups attached to an aromatic ring is 1. The highest BCUT2D eigenvalue weighted by Crippen LogP contribution is 2.28. The minimum absolute atomic E-state index is 0.0987. The van der Waals surface area contributed by atoms with E-state index in [-0.39, 0.29) is 30.5 Å². The molecular weight excluding hydrogens is 202 g/mol. The predicted octanol–water partition coefficient (Wildman–Crippen LogP) is -0.605. The molecule has 0 aromatic carbocycles. The van der Waals surface area contributed by atoms with Crippen molar-refractivity contribution in [2.75, 3.05) is 30.8 Å². The van der Waals surface area contributed by atoms with Gasteiger partial charge in [0.15, 0.2) is 0 Å². The molecule has 0 fully saturated rings. The molecule has 0 spiro atoms. The summed E-state index contributed by atoms with van der Waals surface area (Å²) in [7, 11) is 1.57. The molecule has 8 nitrogen and oxygen atoms in total. The van der Waals surface area contributed by atoms with E-state index in [1.807, 2.05) is 0 Å². The van der Waals surface area contributed by atoms with Gasteiger partial charge in [0.2, 0.25) is 11.6 Å². The Labute approximate surface area is 85.5 Å². The summed E-state index contributed by atoms with van der Waals surface area (Å²) < 4.78 is 0. The fourth-order valence-electron chi connectivity index (χ4n) is 1.09. The first-order valence-corrected chi connectivity index (χ1v) is 4.14. The van der Waals surface area contributed by atoms with Crippen molar-refractivity contribution in [3.63, 3.8) is 0 Å². The minimum atomic E-state index is -0.640. The number of hydrogen-bond donors (Lipinski definition) is 2. The van der Waals surface area contributed by atoms with Crippen LogP contribution in [0.4, 0.5) is 17.3 Å². The Hall–Kier alpha value is -1.96. The number of aromatic nitrogens is 2. The van der Waals surface area contributed by atoms with Gasteiger partial charge in [-0.25, -0.2) is 9.97 Å². The van der Waals surface area contributed by atoms with Crippen molar-refractivity contribution in [2.45, 2.75) is 0 Å². The molecule has 0 atom stereocenters. The molecule has 0 amide bonds. The first kappa shape index (κ1) is 11.1. The molecule has 15 heavy (non-hydrogen) atoms. The zero-order valence-corrected chi connectivity index (χ0v) is 8.12. The molecular formula is C7H11N5O3. The standard InChI is InChI=1S/C7H11N5O3/c1-11(2-3-13)7-5(12(14)15)6(8)9-4-10-7/h4,13H,2-3H2,1H3,(H2,8,9,10). The van der Waals surface area contributed by atoms with Crippen LogP contribution >= 0.6 is 0 Å². The third-order valence-electron chi connectivity index (χ3n) is 1.81. The second-order valence-electron chi connectivity index (χ2n) is 2.83. The van der Waals surface area contributed by atoms with E-state index < -0.39 is 4.92 Å². The van der Waals surface area contributed by atoms with Crippen LogP contribution in [0.15, 0.2) is 6.33 Å². The molecule has 82 valence electrons. The van der Waals surface area contributed by atoms with Crippen molar-refractivity contribution in [2.24, 2.45) is 0 Å². The van der Waals surface area contributed by atoms with Crippen molar-refractivity contribution in [3.05, 3.63) is 16.4 Å². The maximum Gasteiger partial charge on any atom is 0.353 e. The second-order valence-corrected chi connectivity index (χ2v) is 2.83. The highest BCUT2D eigenvalue weighted by atomic mass is 16.6. The summed E-state index contributed by atoms with van der Waals surface area (Å²) in [5.74, 6) is -0.0867. The van der Waals surface area contributed by atoms with Gasteiger partial charge in [0.25, 0.3) is 0 Å². The molecule has 1 heterocycles. The summed E-state index contributed by atoms with van der Waals surface area (Å²) in [6.07, 6.45) is 1.14. The van der Waals surface area contributed by atoms with Crippen LogP contribution in [-0.4, -0.2) is 40.2 Å². The van der Waals surface area contributed by atoms with Gasteiger partial charge in [0, 0.05) is 13.6 Å². The number of hydrogen-bond acceptors (Lipinski definition) is 7. The number of nitrogens with zero attached hydrogens (tertiary/aromatic N) is 4. The third-order valence-corrected chi connectivity index (χ3v) is 1.81. The Morgan fingerprint density at radius 2 is 2.33 bits per heavy atom. The Morgan fingerprint density at radius 3 is 2.87 bits per heavy atom. The van der Waals surface area contributed by atoms with Crippen LogP contribution in [0.25, 0.3) is 0 Å². The maximum absolute atomic E-state index is 10.7. The van der Waals surface area contributed by atoms with Crippen LogP contribution in [0.1, 0.15) is 0 Å². The molecule has 3 N–H and O–H groups in total. The largest absolute Gasteiger partial charge is 0.395 e. The Balaban J connectivity index is 3.16. The van der Waals surface area contributed by atoms with Crippen LogP contribution in [0, 0.1) is 10.1 Å². The monoisotopic (exact) mass is 213 g/mol.